The van der Waals surface area contributed by atoms with E-state index in [-0.39, 0.29) is 12.0 Å². The van der Waals surface area contributed by atoms with E-state index < -0.39 is 11.8 Å². The number of benzene rings is 1. The number of nitrogens with zero attached hydrogens (tertiary/aromatic N) is 6. The maximum atomic E-state index is 13.4. The molecule has 5 rings (SSSR count). The summed E-state index contributed by atoms with van der Waals surface area (Å²) in [4.78, 5) is 34.7. The van der Waals surface area contributed by atoms with E-state index in [9.17, 15) is 9.59 Å². The fraction of sp³-hybridized carbons (Fsp3) is 0.429. The number of anilines is 1. The molecule has 0 radical (unpaired) electrons. The number of pyridine rings is 1. The van der Waals surface area contributed by atoms with Crippen molar-refractivity contribution >= 4 is 34.1 Å². The van der Waals surface area contributed by atoms with Crippen molar-refractivity contribution in [2.45, 2.75) is 45.7 Å². The lowest BCUT2D eigenvalue weighted by atomic mass is 10.0. The number of carbonyl (C=O) groups excluding carboxylic acids is 2. The molecule has 1 aromatic carbocycles. The van der Waals surface area contributed by atoms with Crippen LogP contribution in [0.15, 0.2) is 55.1 Å². The Morgan fingerprint density at radius 3 is 2.65 bits per heavy atom. The molecule has 9 nitrogen and oxygen atoms in total. The Morgan fingerprint density at radius 2 is 1.89 bits per heavy atom. The average molecular weight is 502 g/mol. The van der Waals surface area contributed by atoms with Gasteiger partial charge in [-0.05, 0) is 69.6 Å². The highest BCUT2D eigenvalue weighted by Gasteiger charge is 2.28. The fourth-order valence-corrected chi connectivity index (χ4v) is 5.06. The zero-order valence-electron chi connectivity index (χ0n) is 22.0. The van der Waals surface area contributed by atoms with Gasteiger partial charge in [-0.25, -0.2) is 4.98 Å². The molecule has 0 aliphatic carbocycles. The second kappa shape index (κ2) is 10.3. The van der Waals surface area contributed by atoms with Crippen molar-refractivity contribution in [3.8, 4) is 0 Å². The molecule has 1 aliphatic rings. The lowest BCUT2D eigenvalue weighted by Crippen LogP contribution is -2.43. The highest BCUT2D eigenvalue weighted by molar-refractivity contribution is 6.39. The lowest BCUT2D eigenvalue weighted by molar-refractivity contribution is -0.145. The number of nitrogens with one attached hydrogen (secondary N) is 1. The maximum Gasteiger partial charge on any atom is 0.313 e. The quantitative estimate of drug-likeness (QED) is 0.401. The van der Waals surface area contributed by atoms with Gasteiger partial charge in [0.25, 0.3) is 0 Å². The van der Waals surface area contributed by atoms with Gasteiger partial charge >= 0.3 is 11.8 Å². The smallest absolute Gasteiger partial charge is 0.313 e. The molecule has 0 unspecified atom stereocenters. The molecule has 3 aromatic heterocycles. The largest absolute Gasteiger partial charge is 0.327 e. The van der Waals surface area contributed by atoms with Crippen LogP contribution < -0.4 is 5.32 Å². The first kappa shape index (κ1) is 25.0. The number of piperidine rings is 1. The summed E-state index contributed by atoms with van der Waals surface area (Å²) >= 11 is 0. The predicted octanol–water partition coefficient (Wildman–Crippen LogP) is 4.14. The molecule has 9 heteroatoms. The van der Waals surface area contributed by atoms with Crippen LogP contribution in [0.5, 0.6) is 0 Å². The second-order valence-corrected chi connectivity index (χ2v) is 10.6. The first-order chi connectivity index (χ1) is 17.8. The molecule has 0 saturated carbocycles. The molecule has 1 N–H and O–H groups in total. The molecule has 0 bridgehead atoms. The van der Waals surface area contributed by atoms with Gasteiger partial charge in [0.15, 0.2) is 0 Å². The number of amides is 2. The summed E-state index contributed by atoms with van der Waals surface area (Å²) in [6.45, 7) is 8.70. The summed E-state index contributed by atoms with van der Waals surface area (Å²) in [5, 5.41) is 8.64. The molecule has 4 aromatic rings. The SMILES string of the molecule is CC(C)CN(C(=O)C(=O)Nc1ccn2ccnc2c1)[C@H](C)c1ccc2nn(C3CCN(C)CC3)cc2c1. The zero-order valence-corrected chi connectivity index (χ0v) is 22.0. The third-order valence-corrected chi connectivity index (χ3v) is 7.23. The Balaban J connectivity index is 1.35. The first-order valence-corrected chi connectivity index (χ1v) is 13.0. The highest BCUT2D eigenvalue weighted by atomic mass is 16.2. The third kappa shape index (κ3) is 5.36. The molecule has 1 atom stereocenters. The van der Waals surface area contributed by atoms with Crippen molar-refractivity contribution in [3.05, 3.63) is 60.7 Å². The van der Waals surface area contributed by atoms with E-state index in [0.717, 1.165) is 42.4 Å². The summed E-state index contributed by atoms with van der Waals surface area (Å²) in [6.07, 6.45) is 9.62. The normalized spacial score (nSPS) is 15.9. The highest BCUT2D eigenvalue weighted by Crippen LogP contribution is 2.28. The van der Waals surface area contributed by atoms with Crippen LogP contribution in [0, 0.1) is 5.92 Å². The van der Waals surface area contributed by atoms with E-state index >= 15 is 0 Å². The summed E-state index contributed by atoms with van der Waals surface area (Å²) in [6, 6.07) is 9.78. The van der Waals surface area contributed by atoms with Crippen molar-refractivity contribution < 1.29 is 9.59 Å². The van der Waals surface area contributed by atoms with Crippen molar-refractivity contribution in [3.63, 3.8) is 0 Å². The second-order valence-electron chi connectivity index (χ2n) is 10.6. The first-order valence-electron chi connectivity index (χ1n) is 13.0. The van der Waals surface area contributed by atoms with Crippen LogP contribution in [-0.4, -0.2) is 67.5 Å². The van der Waals surface area contributed by atoms with Gasteiger partial charge in [-0.3, -0.25) is 14.3 Å². The number of carbonyl (C=O) groups is 2. The Morgan fingerprint density at radius 1 is 1.11 bits per heavy atom. The minimum absolute atomic E-state index is 0.205. The fourth-order valence-electron chi connectivity index (χ4n) is 5.06. The van der Waals surface area contributed by atoms with Gasteiger partial charge in [-0.1, -0.05) is 19.9 Å². The molecule has 194 valence electrons. The summed E-state index contributed by atoms with van der Waals surface area (Å²) in [5.41, 5.74) is 3.17. The Hall–Kier alpha value is -3.72. The van der Waals surface area contributed by atoms with Gasteiger partial charge in [0, 0.05) is 48.5 Å². The number of imidazole rings is 1. The standard InChI is InChI=1S/C28H35N7O2/c1-19(2)17-34(28(37)27(36)30-23-7-13-33-14-10-29-26(33)16-23)20(3)21-5-6-25-22(15-21)18-35(31-25)24-8-11-32(4)12-9-24/h5-7,10,13-16,18-20,24H,8-9,11-12,17H2,1-4H3,(H,30,36)/t20-/m1/s1. The van der Waals surface area contributed by atoms with Crippen LogP contribution in [-0.2, 0) is 9.59 Å². The van der Waals surface area contributed by atoms with Gasteiger partial charge in [-0.15, -0.1) is 0 Å². The van der Waals surface area contributed by atoms with E-state index in [1.165, 1.54) is 0 Å². The van der Waals surface area contributed by atoms with Crippen LogP contribution in [0.1, 0.15) is 51.3 Å². The van der Waals surface area contributed by atoms with Gasteiger partial charge in [0.1, 0.15) is 5.65 Å². The Kier molecular flexibility index (Phi) is 6.97. The number of likely N-dealkylation sites (tertiary alicyclic amines) is 1. The maximum absolute atomic E-state index is 13.4. The molecule has 4 heterocycles. The van der Waals surface area contributed by atoms with E-state index in [2.05, 4.69) is 39.2 Å². The number of aromatic nitrogens is 4. The minimum Gasteiger partial charge on any atom is -0.327 e. The van der Waals surface area contributed by atoms with Gasteiger partial charge in [-0.2, -0.15) is 5.10 Å². The van der Waals surface area contributed by atoms with Crippen LogP contribution in [0.3, 0.4) is 0 Å². The van der Waals surface area contributed by atoms with E-state index in [1.54, 1.807) is 29.4 Å². The van der Waals surface area contributed by atoms with Crippen LogP contribution in [0.2, 0.25) is 0 Å². The van der Waals surface area contributed by atoms with Crippen molar-refractivity contribution in [2.75, 3.05) is 32.0 Å². The van der Waals surface area contributed by atoms with Gasteiger partial charge in [0.2, 0.25) is 0 Å². The van der Waals surface area contributed by atoms with Crippen LogP contribution in [0.4, 0.5) is 5.69 Å². The predicted molar refractivity (Wildman–Crippen MR) is 144 cm³/mol. The summed E-state index contributed by atoms with van der Waals surface area (Å²) in [7, 11) is 2.16. The van der Waals surface area contributed by atoms with E-state index in [0.29, 0.717) is 23.9 Å². The molecule has 2 amide bonds. The molecule has 0 spiro atoms. The van der Waals surface area contributed by atoms with E-state index in [1.807, 2.05) is 43.5 Å². The molecule has 1 aliphatic heterocycles. The monoisotopic (exact) mass is 501 g/mol. The van der Waals surface area contributed by atoms with Crippen LogP contribution in [0.25, 0.3) is 16.6 Å². The van der Waals surface area contributed by atoms with Crippen molar-refractivity contribution in [2.24, 2.45) is 5.92 Å². The molecular weight excluding hydrogens is 466 g/mol. The topological polar surface area (TPSA) is 87.8 Å². The van der Waals surface area contributed by atoms with Gasteiger partial charge in [0.05, 0.1) is 17.6 Å². The molecular formula is C28H35N7O2. The number of fused-ring (bicyclic) bond motifs is 2. The summed E-state index contributed by atoms with van der Waals surface area (Å²) < 4.78 is 3.95. The minimum atomic E-state index is -0.653. The van der Waals surface area contributed by atoms with Crippen molar-refractivity contribution in [1.82, 2.24) is 29.0 Å². The zero-order chi connectivity index (χ0) is 26.1. The number of hydrogen-bond acceptors (Lipinski definition) is 5. The van der Waals surface area contributed by atoms with Crippen LogP contribution >= 0.6 is 0 Å². The Labute approximate surface area is 217 Å². The van der Waals surface area contributed by atoms with Crippen molar-refractivity contribution in [1.29, 1.82) is 0 Å². The third-order valence-electron chi connectivity index (χ3n) is 7.23. The molecule has 37 heavy (non-hydrogen) atoms. The molecule has 1 saturated heterocycles. The Bertz CT molecular complexity index is 1410. The van der Waals surface area contributed by atoms with Gasteiger partial charge < -0.3 is 19.5 Å². The number of hydrogen-bond donors (Lipinski definition) is 1. The van der Waals surface area contributed by atoms with E-state index in [4.69, 9.17) is 5.10 Å². The lowest BCUT2D eigenvalue weighted by Gasteiger charge is -2.30. The average Bonchev–Trinajstić information content (AvgIpc) is 3.53. The summed E-state index contributed by atoms with van der Waals surface area (Å²) in [5.74, 6) is -0.998. The number of rotatable bonds is 6. The molecule has 1 fully saturated rings.